The minimum atomic E-state index is -4.79. The quantitative estimate of drug-likeness (QED) is 0.361. The van der Waals surface area contributed by atoms with Gasteiger partial charge in [0.05, 0.1) is 22.0 Å². The molecule has 0 spiro atoms. The van der Waals surface area contributed by atoms with E-state index in [4.69, 9.17) is 11.6 Å². The van der Waals surface area contributed by atoms with E-state index >= 15 is 0 Å². The van der Waals surface area contributed by atoms with E-state index in [1.54, 1.807) is 6.07 Å². The summed E-state index contributed by atoms with van der Waals surface area (Å²) >= 11 is 6.23. The Morgan fingerprint density at radius 3 is 2.54 bits per heavy atom. The molecular formula is C21H16ClF4N9O2. The van der Waals surface area contributed by atoms with E-state index < -0.39 is 29.6 Å². The van der Waals surface area contributed by atoms with Crippen molar-refractivity contribution in [2.24, 2.45) is 0 Å². The van der Waals surface area contributed by atoms with Crippen molar-refractivity contribution in [1.82, 2.24) is 40.3 Å². The highest BCUT2D eigenvalue weighted by Crippen LogP contribution is 2.26. The highest BCUT2D eigenvalue weighted by atomic mass is 35.5. The van der Waals surface area contributed by atoms with E-state index in [0.717, 1.165) is 16.8 Å². The first kappa shape index (κ1) is 25.7. The molecule has 16 heteroatoms. The topological polar surface area (TPSA) is 133 Å². The maximum atomic E-state index is 14.0. The number of benzene rings is 1. The van der Waals surface area contributed by atoms with E-state index in [1.807, 2.05) is 0 Å². The molecule has 4 rings (SSSR count). The first-order chi connectivity index (χ1) is 17.5. The van der Waals surface area contributed by atoms with Crippen LogP contribution in [0.5, 0.6) is 0 Å². The molecule has 0 fully saturated rings. The third-order valence-corrected chi connectivity index (χ3v) is 5.25. The van der Waals surface area contributed by atoms with Crippen molar-refractivity contribution in [2.45, 2.75) is 19.6 Å². The summed E-state index contributed by atoms with van der Waals surface area (Å²) in [6, 6.07) is 6.40. The number of halogens is 5. The lowest BCUT2D eigenvalue weighted by Gasteiger charge is -2.14. The predicted molar refractivity (Wildman–Crippen MR) is 121 cm³/mol. The Hall–Kier alpha value is -4.40. The lowest BCUT2D eigenvalue weighted by Crippen LogP contribution is -2.24. The number of hydrogen-bond acceptors (Lipinski definition) is 7. The van der Waals surface area contributed by atoms with Gasteiger partial charge in [-0.05, 0) is 48.0 Å². The average molecular weight is 538 g/mol. The number of nitrogens with one attached hydrogen (secondary N) is 2. The Morgan fingerprint density at radius 1 is 1.14 bits per heavy atom. The van der Waals surface area contributed by atoms with Gasteiger partial charge in [0.15, 0.2) is 5.82 Å². The maximum absolute atomic E-state index is 14.0. The minimum absolute atomic E-state index is 0.0416. The van der Waals surface area contributed by atoms with Crippen LogP contribution in [0.15, 0.2) is 36.5 Å². The summed E-state index contributed by atoms with van der Waals surface area (Å²) in [5.41, 5.74) is 0.112. The molecule has 0 atom stereocenters. The van der Waals surface area contributed by atoms with Gasteiger partial charge in [-0.3, -0.25) is 9.59 Å². The summed E-state index contributed by atoms with van der Waals surface area (Å²) < 4.78 is 53.5. The summed E-state index contributed by atoms with van der Waals surface area (Å²) in [5.74, 6) is -3.50. The fraction of sp³-hybridized carbons (Fsp3) is 0.190. The Bertz CT molecular complexity index is 1500. The summed E-state index contributed by atoms with van der Waals surface area (Å²) in [7, 11) is 1.35. The number of rotatable bonds is 6. The molecule has 0 radical (unpaired) electrons. The normalized spacial score (nSPS) is 11.4. The fourth-order valence-electron chi connectivity index (χ4n) is 3.33. The number of anilines is 1. The molecule has 0 saturated heterocycles. The second kappa shape index (κ2) is 9.93. The van der Waals surface area contributed by atoms with Crippen LogP contribution in [-0.2, 0) is 12.7 Å². The van der Waals surface area contributed by atoms with Crippen molar-refractivity contribution < 1.29 is 27.2 Å². The van der Waals surface area contributed by atoms with Crippen molar-refractivity contribution in [2.75, 3.05) is 12.4 Å². The smallest absolute Gasteiger partial charge is 0.355 e. The Kier molecular flexibility index (Phi) is 6.89. The van der Waals surface area contributed by atoms with E-state index in [-0.39, 0.29) is 45.6 Å². The van der Waals surface area contributed by atoms with Crippen LogP contribution in [0.3, 0.4) is 0 Å². The summed E-state index contributed by atoms with van der Waals surface area (Å²) in [5, 5.41) is 18.9. The Labute approximate surface area is 210 Å². The molecule has 0 unspecified atom stereocenters. The van der Waals surface area contributed by atoms with Crippen molar-refractivity contribution in [3.63, 3.8) is 0 Å². The summed E-state index contributed by atoms with van der Waals surface area (Å²) in [6.07, 6.45) is -3.40. The van der Waals surface area contributed by atoms with Gasteiger partial charge in [-0.2, -0.15) is 23.1 Å². The van der Waals surface area contributed by atoms with Gasteiger partial charge >= 0.3 is 6.18 Å². The molecule has 192 valence electrons. The third-order valence-electron chi connectivity index (χ3n) is 4.95. The van der Waals surface area contributed by atoms with Crippen LogP contribution in [-0.4, -0.2) is 53.8 Å². The summed E-state index contributed by atoms with van der Waals surface area (Å²) in [4.78, 5) is 30.4. The highest BCUT2D eigenvalue weighted by Gasteiger charge is 2.37. The molecule has 2 N–H and O–H groups in total. The van der Waals surface area contributed by atoms with Gasteiger partial charge in [-0.1, -0.05) is 11.6 Å². The van der Waals surface area contributed by atoms with Gasteiger partial charge in [0.25, 0.3) is 17.6 Å². The van der Waals surface area contributed by atoms with E-state index in [2.05, 4.69) is 36.1 Å². The second-order valence-corrected chi connectivity index (χ2v) is 7.97. The number of tetrazole rings is 1. The van der Waals surface area contributed by atoms with Gasteiger partial charge in [0.1, 0.15) is 18.1 Å². The number of hydrogen-bond donors (Lipinski definition) is 2. The predicted octanol–water partition coefficient (Wildman–Crippen LogP) is 3.03. The number of carbonyl (C=O) groups excluding carboxylic acids is 2. The SMILES string of the molecule is CNC(=O)c1cc(F)cc(C)c1NC(=O)c1cc(Cn2nnc(C(F)(F)F)n2)nn1-c1ncccc1Cl. The molecule has 0 aliphatic rings. The maximum Gasteiger partial charge on any atom is 0.455 e. The van der Waals surface area contributed by atoms with Crippen molar-refractivity contribution in [3.05, 3.63) is 75.7 Å². The average Bonchev–Trinajstić information content (AvgIpc) is 3.48. The van der Waals surface area contributed by atoms with Crippen molar-refractivity contribution in [1.29, 1.82) is 0 Å². The lowest BCUT2D eigenvalue weighted by molar-refractivity contribution is -0.145. The number of aryl methyl sites for hydroxylation is 1. The molecule has 0 bridgehead atoms. The van der Waals surface area contributed by atoms with Crippen LogP contribution in [0.1, 0.15) is 37.9 Å². The molecule has 0 aliphatic heterocycles. The van der Waals surface area contributed by atoms with Gasteiger partial charge in [0, 0.05) is 13.2 Å². The zero-order valence-corrected chi connectivity index (χ0v) is 19.8. The second-order valence-electron chi connectivity index (χ2n) is 7.56. The van der Waals surface area contributed by atoms with Gasteiger partial charge in [-0.25, -0.2) is 14.1 Å². The molecule has 2 amide bonds. The number of aromatic nitrogens is 7. The molecule has 0 aliphatic carbocycles. The Balaban J connectivity index is 1.75. The highest BCUT2D eigenvalue weighted by molar-refractivity contribution is 6.32. The molecule has 11 nitrogen and oxygen atoms in total. The van der Waals surface area contributed by atoms with Crippen LogP contribution in [0.25, 0.3) is 5.82 Å². The van der Waals surface area contributed by atoms with Gasteiger partial charge in [0.2, 0.25) is 0 Å². The molecule has 0 saturated carbocycles. The van der Waals surface area contributed by atoms with Crippen molar-refractivity contribution >= 4 is 29.1 Å². The van der Waals surface area contributed by atoms with E-state index in [9.17, 15) is 27.2 Å². The molecule has 4 aromatic rings. The fourth-order valence-corrected chi connectivity index (χ4v) is 3.53. The van der Waals surface area contributed by atoms with Crippen LogP contribution < -0.4 is 10.6 Å². The molecular weight excluding hydrogens is 522 g/mol. The molecule has 1 aromatic carbocycles. The van der Waals surface area contributed by atoms with Crippen LogP contribution >= 0.6 is 11.6 Å². The number of amides is 2. The minimum Gasteiger partial charge on any atom is -0.355 e. The molecule has 3 heterocycles. The molecule has 3 aromatic heterocycles. The monoisotopic (exact) mass is 537 g/mol. The van der Waals surface area contributed by atoms with Gasteiger partial charge in [-0.15, -0.1) is 10.2 Å². The van der Waals surface area contributed by atoms with E-state index in [0.29, 0.717) is 4.80 Å². The summed E-state index contributed by atoms with van der Waals surface area (Å²) in [6.45, 7) is 1.12. The van der Waals surface area contributed by atoms with E-state index in [1.165, 1.54) is 32.3 Å². The Morgan fingerprint density at radius 2 is 1.89 bits per heavy atom. The molecule has 37 heavy (non-hydrogen) atoms. The van der Waals surface area contributed by atoms with Crippen LogP contribution in [0.2, 0.25) is 5.02 Å². The lowest BCUT2D eigenvalue weighted by atomic mass is 10.1. The third kappa shape index (κ3) is 5.40. The largest absolute Gasteiger partial charge is 0.455 e. The number of nitrogens with zero attached hydrogens (tertiary/aromatic N) is 7. The first-order valence-electron chi connectivity index (χ1n) is 10.4. The van der Waals surface area contributed by atoms with Gasteiger partial charge < -0.3 is 10.6 Å². The van der Waals surface area contributed by atoms with Crippen LogP contribution in [0.4, 0.5) is 23.2 Å². The van der Waals surface area contributed by atoms with Crippen molar-refractivity contribution in [3.8, 4) is 5.82 Å². The standard InChI is InChI=1S/C21H16ClF4N9O2/c1-10-6-11(23)7-13(18(36)27-2)16(10)29-19(37)15-8-12(9-34-32-20(30-33-34)21(24,25)26)31-35(15)17-14(22)4-3-5-28-17/h3-8H,9H2,1-2H3,(H,27,36)(H,29,37). The number of alkyl halides is 3. The zero-order chi connectivity index (χ0) is 26.9. The number of carbonyl (C=O) groups is 2. The zero-order valence-electron chi connectivity index (χ0n) is 19.0. The van der Waals surface area contributed by atoms with Crippen LogP contribution in [0, 0.1) is 12.7 Å². The first-order valence-corrected chi connectivity index (χ1v) is 10.7. The number of pyridine rings is 1.